The zero-order valence-electron chi connectivity index (χ0n) is 15.8. The monoisotopic (exact) mass is 370 g/mol. The molecule has 138 valence electrons. The number of amides is 1. The van der Waals surface area contributed by atoms with Gasteiger partial charge in [0.15, 0.2) is 5.11 Å². The van der Waals surface area contributed by atoms with Crippen LogP contribution in [0.3, 0.4) is 0 Å². The van der Waals surface area contributed by atoms with Gasteiger partial charge in [0.1, 0.15) is 5.75 Å². The van der Waals surface area contributed by atoms with E-state index in [-0.39, 0.29) is 11.0 Å². The second-order valence-electron chi connectivity index (χ2n) is 6.77. The van der Waals surface area contributed by atoms with Crippen molar-refractivity contribution in [3.05, 3.63) is 59.2 Å². The Morgan fingerprint density at radius 1 is 1.12 bits per heavy atom. The van der Waals surface area contributed by atoms with Gasteiger partial charge < -0.3 is 10.1 Å². The van der Waals surface area contributed by atoms with E-state index in [0.717, 1.165) is 17.7 Å². The molecule has 0 bridgehead atoms. The first kappa shape index (κ1) is 19.9. The minimum Gasteiger partial charge on any atom is -0.494 e. The van der Waals surface area contributed by atoms with E-state index in [1.54, 1.807) is 18.2 Å². The second-order valence-corrected chi connectivity index (χ2v) is 7.17. The Morgan fingerprint density at radius 2 is 1.88 bits per heavy atom. The maximum absolute atomic E-state index is 12.4. The van der Waals surface area contributed by atoms with Gasteiger partial charge in [-0.1, -0.05) is 26.0 Å². The molecule has 0 spiro atoms. The number of hydrogen-bond acceptors (Lipinski definition) is 3. The molecule has 0 radical (unpaired) electrons. The van der Waals surface area contributed by atoms with Crippen LogP contribution >= 0.6 is 12.2 Å². The highest BCUT2D eigenvalue weighted by atomic mass is 32.1. The summed E-state index contributed by atoms with van der Waals surface area (Å²) in [6.45, 7) is 9.02. The zero-order valence-corrected chi connectivity index (χ0v) is 16.6. The molecule has 0 saturated heterocycles. The number of anilines is 1. The van der Waals surface area contributed by atoms with E-state index in [1.165, 1.54) is 5.56 Å². The van der Waals surface area contributed by atoms with Crippen molar-refractivity contribution in [3.63, 3.8) is 0 Å². The van der Waals surface area contributed by atoms with Crippen molar-refractivity contribution in [2.24, 2.45) is 5.92 Å². The Bertz CT molecular complexity index is 787. The smallest absolute Gasteiger partial charge is 0.257 e. The molecule has 2 rings (SSSR count). The number of carbonyl (C=O) groups is 1. The largest absolute Gasteiger partial charge is 0.494 e. The van der Waals surface area contributed by atoms with Crippen LogP contribution in [-0.4, -0.2) is 17.6 Å². The number of aryl methyl sites for hydroxylation is 2. The highest BCUT2D eigenvalue weighted by Gasteiger charge is 2.09. The van der Waals surface area contributed by atoms with E-state index in [2.05, 4.69) is 31.4 Å². The third-order valence-corrected chi connectivity index (χ3v) is 4.26. The number of ether oxygens (including phenoxy) is 1. The average Bonchev–Trinajstić information content (AvgIpc) is 2.58. The fraction of sp³-hybridized carbons (Fsp3) is 0.333. The molecule has 2 aromatic carbocycles. The summed E-state index contributed by atoms with van der Waals surface area (Å²) in [5.41, 5.74) is 3.73. The normalized spacial score (nSPS) is 10.5. The first-order chi connectivity index (χ1) is 12.3. The van der Waals surface area contributed by atoms with Crippen LogP contribution in [0.2, 0.25) is 0 Å². The topological polar surface area (TPSA) is 50.4 Å². The number of rotatable bonds is 6. The highest BCUT2D eigenvalue weighted by molar-refractivity contribution is 7.80. The van der Waals surface area contributed by atoms with Crippen molar-refractivity contribution in [2.75, 3.05) is 11.9 Å². The van der Waals surface area contributed by atoms with E-state index >= 15 is 0 Å². The Labute approximate surface area is 161 Å². The first-order valence-corrected chi connectivity index (χ1v) is 9.18. The fourth-order valence-corrected chi connectivity index (χ4v) is 2.51. The van der Waals surface area contributed by atoms with Crippen LogP contribution in [0.5, 0.6) is 5.75 Å². The number of carbonyl (C=O) groups excluding carboxylic acids is 1. The van der Waals surface area contributed by atoms with Crippen LogP contribution in [0, 0.1) is 19.8 Å². The Morgan fingerprint density at radius 3 is 2.58 bits per heavy atom. The number of thiocarbonyl (C=S) groups is 1. The minimum absolute atomic E-state index is 0.263. The van der Waals surface area contributed by atoms with Crippen LogP contribution in [0.1, 0.15) is 41.8 Å². The van der Waals surface area contributed by atoms with Crippen LogP contribution in [0.25, 0.3) is 0 Å². The average molecular weight is 371 g/mol. The van der Waals surface area contributed by atoms with Crippen molar-refractivity contribution in [1.29, 1.82) is 0 Å². The van der Waals surface area contributed by atoms with Gasteiger partial charge >= 0.3 is 0 Å². The standard InChI is InChI=1S/C21H26N2O2S/c1-14(2)10-11-25-19-7-5-6-17(13-19)20(24)23-21(26)22-18-9-8-15(3)16(4)12-18/h5-9,12-14H,10-11H2,1-4H3,(H2,22,23,24,26). The van der Waals surface area contributed by atoms with Crippen LogP contribution in [-0.2, 0) is 0 Å². The lowest BCUT2D eigenvalue weighted by atomic mass is 10.1. The summed E-state index contributed by atoms with van der Waals surface area (Å²) in [6.07, 6.45) is 0.973. The van der Waals surface area contributed by atoms with Gasteiger partial charge in [0.2, 0.25) is 0 Å². The molecule has 0 aliphatic rings. The van der Waals surface area contributed by atoms with Gasteiger partial charge in [-0.3, -0.25) is 10.1 Å². The Balaban J connectivity index is 1.93. The molecule has 1 amide bonds. The summed E-state index contributed by atoms with van der Waals surface area (Å²) in [6, 6.07) is 13.1. The van der Waals surface area contributed by atoms with Crippen molar-refractivity contribution < 1.29 is 9.53 Å². The number of nitrogens with one attached hydrogen (secondary N) is 2. The summed E-state index contributed by atoms with van der Waals surface area (Å²) < 4.78 is 5.70. The third-order valence-electron chi connectivity index (χ3n) is 4.05. The molecule has 0 aromatic heterocycles. The minimum atomic E-state index is -0.263. The molecule has 2 N–H and O–H groups in total. The molecule has 0 fully saturated rings. The van der Waals surface area contributed by atoms with Gasteiger partial charge in [-0.2, -0.15) is 0 Å². The van der Waals surface area contributed by atoms with Crippen LogP contribution < -0.4 is 15.4 Å². The molecule has 4 nitrogen and oxygen atoms in total. The Kier molecular flexibility index (Phi) is 7.16. The summed E-state index contributed by atoms with van der Waals surface area (Å²) in [5.74, 6) is 1.00. The lowest BCUT2D eigenvalue weighted by Gasteiger charge is -2.12. The zero-order chi connectivity index (χ0) is 19.1. The van der Waals surface area contributed by atoms with E-state index < -0.39 is 0 Å². The maximum Gasteiger partial charge on any atom is 0.257 e. The SMILES string of the molecule is Cc1ccc(NC(=S)NC(=O)c2cccc(OCCC(C)C)c2)cc1C. The van der Waals surface area contributed by atoms with Gasteiger partial charge in [0, 0.05) is 11.3 Å². The van der Waals surface area contributed by atoms with Crippen LogP contribution in [0.15, 0.2) is 42.5 Å². The third kappa shape index (κ3) is 6.15. The molecule has 0 aliphatic heterocycles. The molecule has 2 aromatic rings. The van der Waals surface area contributed by atoms with Gasteiger partial charge in [-0.25, -0.2) is 0 Å². The molecular formula is C21H26N2O2S. The van der Waals surface area contributed by atoms with Crippen molar-refractivity contribution in [3.8, 4) is 5.75 Å². The van der Waals surface area contributed by atoms with Gasteiger partial charge in [0.05, 0.1) is 6.61 Å². The number of hydrogen-bond donors (Lipinski definition) is 2. The van der Waals surface area contributed by atoms with E-state index in [4.69, 9.17) is 17.0 Å². The Hall–Kier alpha value is -2.40. The number of benzene rings is 2. The van der Waals surface area contributed by atoms with E-state index in [1.807, 2.05) is 31.2 Å². The summed E-state index contributed by atoms with van der Waals surface area (Å²) in [5, 5.41) is 6.01. The lowest BCUT2D eigenvalue weighted by Crippen LogP contribution is -2.34. The second kappa shape index (κ2) is 9.34. The summed E-state index contributed by atoms with van der Waals surface area (Å²) in [4.78, 5) is 12.4. The fourth-order valence-electron chi connectivity index (χ4n) is 2.30. The lowest BCUT2D eigenvalue weighted by molar-refractivity contribution is 0.0977. The predicted molar refractivity (Wildman–Crippen MR) is 111 cm³/mol. The van der Waals surface area contributed by atoms with Crippen molar-refractivity contribution >= 4 is 28.9 Å². The van der Waals surface area contributed by atoms with E-state index in [0.29, 0.717) is 23.8 Å². The predicted octanol–water partition coefficient (Wildman–Crippen LogP) is 4.86. The first-order valence-electron chi connectivity index (χ1n) is 8.77. The van der Waals surface area contributed by atoms with Crippen LogP contribution in [0.4, 0.5) is 5.69 Å². The van der Waals surface area contributed by atoms with Gasteiger partial charge in [-0.05, 0) is 79.9 Å². The summed E-state index contributed by atoms with van der Waals surface area (Å²) in [7, 11) is 0. The molecular weight excluding hydrogens is 344 g/mol. The molecule has 0 unspecified atom stereocenters. The molecule has 26 heavy (non-hydrogen) atoms. The molecule has 0 aliphatic carbocycles. The molecule has 0 atom stereocenters. The molecule has 0 saturated carbocycles. The van der Waals surface area contributed by atoms with Gasteiger partial charge in [0.25, 0.3) is 5.91 Å². The maximum atomic E-state index is 12.4. The van der Waals surface area contributed by atoms with Crippen molar-refractivity contribution in [2.45, 2.75) is 34.1 Å². The quantitative estimate of drug-likeness (QED) is 0.713. The summed E-state index contributed by atoms with van der Waals surface area (Å²) >= 11 is 5.25. The highest BCUT2D eigenvalue weighted by Crippen LogP contribution is 2.16. The molecule has 0 heterocycles. The van der Waals surface area contributed by atoms with E-state index in [9.17, 15) is 4.79 Å². The van der Waals surface area contributed by atoms with Gasteiger partial charge in [-0.15, -0.1) is 0 Å². The molecule has 5 heteroatoms. The van der Waals surface area contributed by atoms with Crippen molar-refractivity contribution in [1.82, 2.24) is 5.32 Å².